The summed E-state index contributed by atoms with van der Waals surface area (Å²) in [6.07, 6.45) is 0.243. The van der Waals surface area contributed by atoms with Gasteiger partial charge in [-0.1, -0.05) is 25.9 Å². The third kappa shape index (κ3) is 3.99. The Morgan fingerprint density at radius 3 is 2.84 bits per heavy atom. The predicted molar refractivity (Wildman–Crippen MR) is 71.9 cm³/mol. The summed E-state index contributed by atoms with van der Waals surface area (Å²) >= 11 is 0. The van der Waals surface area contributed by atoms with Crippen LogP contribution in [-0.2, 0) is 16.7 Å². The van der Waals surface area contributed by atoms with E-state index in [0.29, 0.717) is 5.89 Å². The maximum atomic E-state index is 5.68. The first-order valence-corrected chi connectivity index (χ1v) is 6.80. The van der Waals surface area contributed by atoms with Crippen LogP contribution in [0.5, 0.6) is 0 Å². The summed E-state index contributed by atoms with van der Waals surface area (Å²) in [4.78, 5) is 6.78. The zero-order chi connectivity index (χ0) is 13.9. The molecule has 0 amide bonds. The Hall–Kier alpha value is -0.980. The summed E-state index contributed by atoms with van der Waals surface area (Å²) < 4.78 is 11.0. The summed E-state index contributed by atoms with van der Waals surface area (Å²) in [6, 6.07) is 0. The minimum absolute atomic E-state index is 0.0923. The lowest BCUT2D eigenvalue weighted by Gasteiger charge is -2.31. The van der Waals surface area contributed by atoms with Gasteiger partial charge in [-0.05, 0) is 7.05 Å². The van der Waals surface area contributed by atoms with Crippen molar-refractivity contribution in [3.63, 3.8) is 0 Å². The summed E-state index contributed by atoms with van der Waals surface area (Å²) in [5.74, 6) is 1.46. The van der Waals surface area contributed by atoms with Crippen molar-refractivity contribution in [2.75, 3.05) is 33.3 Å². The van der Waals surface area contributed by atoms with Crippen molar-refractivity contribution < 1.29 is 9.26 Å². The molecule has 1 unspecified atom stereocenters. The maximum Gasteiger partial charge on any atom is 0.232 e. The van der Waals surface area contributed by atoms with Crippen molar-refractivity contribution in [2.24, 2.45) is 0 Å². The van der Waals surface area contributed by atoms with Crippen molar-refractivity contribution in [2.45, 2.75) is 38.8 Å². The molecule has 6 nitrogen and oxygen atoms in total. The molecule has 2 heterocycles. The van der Waals surface area contributed by atoms with Crippen LogP contribution in [-0.4, -0.2) is 54.4 Å². The normalized spacial score (nSPS) is 21.8. The fourth-order valence-electron chi connectivity index (χ4n) is 2.10. The van der Waals surface area contributed by atoms with Crippen LogP contribution in [0.1, 0.15) is 32.5 Å². The van der Waals surface area contributed by atoms with Crippen molar-refractivity contribution >= 4 is 0 Å². The minimum atomic E-state index is -0.0923. The van der Waals surface area contributed by atoms with E-state index in [1.165, 1.54) is 0 Å². The predicted octanol–water partition coefficient (Wildman–Crippen LogP) is 0.787. The third-order valence-corrected chi connectivity index (χ3v) is 3.13. The zero-order valence-corrected chi connectivity index (χ0v) is 12.3. The average Bonchev–Trinajstić information content (AvgIpc) is 2.78. The van der Waals surface area contributed by atoms with Gasteiger partial charge in [-0.3, -0.25) is 4.90 Å². The molecule has 108 valence electrons. The number of hydrogen-bond acceptors (Lipinski definition) is 6. The standard InChI is InChI=1S/C13H24N4O2/c1-13(2,3)12-15-11(16-19-12)9-17-5-6-18-10(8-17)7-14-4/h10,14H,5-9H2,1-4H3. The van der Waals surface area contributed by atoms with E-state index in [-0.39, 0.29) is 11.5 Å². The molecule has 1 atom stereocenters. The van der Waals surface area contributed by atoms with Gasteiger partial charge in [0, 0.05) is 25.0 Å². The van der Waals surface area contributed by atoms with Gasteiger partial charge in [-0.2, -0.15) is 4.98 Å². The maximum absolute atomic E-state index is 5.68. The smallest absolute Gasteiger partial charge is 0.232 e. The molecule has 0 spiro atoms. The Labute approximate surface area is 114 Å². The Morgan fingerprint density at radius 1 is 1.42 bits per heavy atom. The zero-order valence-electron chi connectivity index (χ0n) is 12.3. The minimum Gasteiger partial charge on any atom is -0.374 e. The van der Waals surface area contributed by atoms with Crippen LogP contribution >= 0.6 is 0 Å². The lowest BCUT2D eigenvalue weighted by Crippen LogP contribution is -2.45. The number of likely N-dealkylation sites (N-methyl/N-ethyl adjacent to an activating group) is 1. The first-order chi connectivity index (χ1) is 8.99. The van der Waals surface area contributed by atoms with Gasteiger partial charge in [-0.25, -0.2) is 0 Å². The number of morpholine rings is 1. The molecule has 0 aliphatic carbocycles. The van der Waals surface area contributed by atoms with E-state index in [1.807, 2.05) is 7.05 Å². The van der Waals surface area contributed by atoms with Gasteiger partial charge in [0.1, 0.15) is 0 Å². The van der Waals surface area contributed by atoms with E-state index in [9.17, 15) is 0 Å². The van der Waals surface area contributed by atoms with E-state index in [1.54, 1.807) is 0 Å². The van der Waals surface area contributed by atoms with Crippen molar-refractivity contribution in [1.29, 1.82) is 0 Å². The second-order valence-corrected chi connectivity index (χ2v) is 6.05. The number of rotatable bonds is 4. The molecular formula is C13H24N4O2. The highest BCUT2D eigenvalue weighted by molar-refractivity contribution is 4.98. The first kappa shape index (κ1) is 14.4. The van der Waals surface area contributed by atoms with Gasteiger partial charge < -0.3 is 14.6 Å². The lowest BCUT2D eigenvalue weighted by atomic mass is 9.97. The summed E-state index contributed by atoms with van der Waals surface area (Å²) in [5.41, 5.74) is -0.0923. The Balaban J connectivity index is 1.92. The van der Waals surface area contributed by atoms with Crippen LogP contribution in [0.25, 0.3) is 0 Å². The lowest BCUT2D eigenvalue weighted by molar-refractivity contribution is -0.0300. The number of aromatic nitrogens is 2. The van der Waals surface area contributed by atoms with E-state index >= 15 is 0 Å². The highest BCUT2D eigenvalue weighted by Gasteiger charge is 2.24. The molecule has 19 heavy (non-hydrogen) atoms. The number of hydrogen-bond donors (Lipinski definition) is 1. The van der Waals surface area contributed by atoms with Crippen LogP contribution in [0, 0.1) is 0 Å². The second kappa shape index (κ2) is 5.98. The van der Waals surface area contributed by atoms with E-state index in [0.717, 1.165) is 38.6 Å². The fraction of sp³-hybridized carbons (Fsp3) is 0.846. The van der Waals surface area contributed by atoms with Crippen LogP contribution in [0.4, 0.5) is 0 Å². The highest BCUT2D eigenvalue weighted by atomic mass is 16.5. The molecule has 1 aliphatic rings. The van der Waals surface area contributed by atoms with Gasteiger partial charge in [0.05, 0.1) is 19.3 Å². The van der Waals surface area contributed by atoms with E-state index in [2.05, 4.69) is 41.1 Å². The van der Waals surface area contributed by atoms with Crippen molar-refractivity contribution in [1.82, 2.24) is 20.4 Å². The molecule has 1 fully saturated rings. The van der Waals surface area contributed by atoms with Crippen LogP contribution < -0.4 is 5.32 Å². The summed E-state index contributed by atoms with van der Waals surface area (Å²) in [5, 5.41) is 7.21. The molecule has 6 heteroatoms. The highest BCUT2D eigenvalue weighted by Crippen LogP contribution is 2.20. The fourth-order valence-corrected chi connectivity index (χ4v) is 2.10. The topological polar surface area (TPSA) is 63.4 Å². The van der Waals surface area contributed by atoms with Crippen molar-refractivity contribution in [3.05, 3.63) is 11.7 Å². The molecule has 2 rings (SSSR count). The van der Waals surface area contributed by atoms with Gasteiger partial charge in [0.15, 0.2) is 5.82 Å². The molecule has 0 bridgehead atoms. The van der Waals surface area contributed by atoms with Crippen LogP contribution in [0.15, 0.2) is 4.52 Å². The van der Waals surface area contributed by atoms with Crippen LogP contribution in [0.2, 0.25) is 0 Å². The molecule has 1 saturated heterocycles. The van der Waals surface area contributed by atoms with Gasteiger partial charge >= 0.3 is 0 Å². The Kier molecular flexibility index (Phi) is 4.54. The molecule has 1 N–H and O–H groups in total. The van der Waals surface area contributed by atoms with Crippen molar-refractivity contribution in [3.8, 4) is 0 Å². The number of ether oxygens (including phenoxy) is 1. The third-order valence-electron chi connectivity index (χ3n) is 3.13. The van der Waals surface area contributed by atoms with Crippen LogP contribution in [0.3, 0.4) is 0 Å². The number of nitrogens with zero attached hydrogens (tertiary/aromatic N) is 3. The monoisotopic (exact) mass is 268 g/mol. The molecule has 1 aromatic heterocycles. The average molecular weight is 268 g/mol. The molecule has 0 aromatic carbocycles. The Bertz CT molecular complexity index is 398. The molecule has 0 saturated carbocycles. The SMILES string of the molecule is CNCC1CN(Cc2noc(C(C)(C)C)n2)CCO1. The Morgan fingerprint density at radius 2 is 2.21 bits per heavy atom. The van der Waals surface area contributed by atoms with Gasteiger partial charge in [0.25, 0.3) is 0 Å². The quantitative estimate of drug-likeness (QED) is 0.871. The summed E-state index contributed by atoms with van der Waals surface area (Å²) in [7, 11) is 1.94. The molecule has 1 aromatic rings. The van der Waals surface area contributed by atoms with E-state index in [4.69, 9.17) is 9.26 Å². The second-order valence-electron chi connectivity index (χ2n) is 6.05. The molecular weight excluding hydrogens is 244 g/mol. The van der Waals surface area contributed by atoms with Gasteiger partial charge in [0.2, 0.25) is 5.89 Å². The summed E-state index contributed by atoms with van der Waals surface area (Å²) in [6.45, 7) is 10.4. The van der Waals surface area contributed by atoms with Gasteiger partial charge in [-0.15, -0.1) is 0 Å². The molecule has 1 aliphatic heterocycles. The van der Waals surface area contributed by atoms with E-state index < -0.39 is 0 Å². The largest absolute Gasteiger partial charge is 0.374 e. The first-order valence-electron chi connectivity index (χ1n) is 6.80. The molecule has 0 radical (unpaired) electrons. The number of nitrogens with one attached hydrogen (secondary N) is 1.